The van der Waals surface area contributed by atoms with Gasteiger partial charge < -0.3 is 20.3 Å². The van der Waals surface area contributed by atoms with Crippen LogP contribution >= 0.6 is 0 Å². The molecule has 0 unspecified atom stereocenters. The number of benzene rings is 1. The summed E-state index contributed by atoms with van der Waals surface area (Å²) in [6.45, 7) is 4.86. The Morgan fingerprint density at radius 2 is 2.05 bits per heavy atom. The second-order valence-corrected chi connectivity index (χ2v) is 5.33. The third-order valence-corrected chi connectivity index (χ3v) is 3.49. The fraction of sp³-hybridized carbons (Fsp3) is 0.467. The van der Waals surface area contributed by atoms with E-state index < -0.39 is 6.04 Å². The lowest BCUT2D eigenvalue weighted by Crippen LogP contribution is -2.60. The fourth-order valence-corrected chi connectivity index (χ4v) is 2.44. The summed E-state index contributed by atoms with van der Waals surface area (Å²) in [5.41, 5.74) is 0.675. The van der Waals surface area contributed by atoms with Gasteiger partial charge in [-0.1, -0.05) is 13.8 Å². The Balaban J connectivity index is 2.08. The van der Waals surface area contributed by atoms with Crippen LogP contribution in [0.25, 0.3) is 0 Å². The molecular formula is C15H21N3O3. The maximum Gasteiger partial charge on any atom is 0.322 e. The minimum atomic E-state index is -0.433. The highest BCUT2D eigenvalue weighted by atomic mass is 16.5. The van der Waals surface area contributed by atoms with E-state index in [1.807, 2.05) is 13.8 Å². The number of rotatable bonds is 3. The van der Waals surface area contributed by atoms with Crippen LogP contribution in [-0.4, -0.2) is 43.1 Å². The predicted octanol–water partition coefficient (Wildman–Crippen LogP) is 1.68. The molecule has 1 aromatic rings. The molecule has 2 N–H and O–H groups in total. The van der Waals surface area contributed by atoms with Crippen molar-refractivity contribution < 1.29 is 14.3 Å². The van der Waals surface area contributed by atoms with E-state index >= 15 is 0 Å². The molecule has 1 aliphatic heterocycles. The highest BCUT2D eigenvalue weighted by molar-refractivity contribution is 5.94. The maximum atomic E-state index is 12.4. The van der Waals surface area contributed by atoms with Crippen molar-refractivity contribution in [1.82, 2.24) is 10.2 Å². The highest BCUT2D eigenvalue weighted by Crippen LogP contribution is 2.18. The van der Waals surface area contributed by atoms with Crippen molar-refractivity contribution in [2.45, 2.75) is 19.9 Å². The lowest BCUT2D eigenvalue weighted by Gasteiger charge is -2.37. The second kappa shape index (κ2) is 6.47. The van der Waals surface area contributed by atoms with Gasteiger partial charge in [0.15, 0.2) is 0 Å². The van der Waals surface area contributed by atoms with Gasteiger partial charge in [0.1, 0.15) is 11.8 Å². The molecule has 0 bridgehead atoms. The van der Waals surface area contributed by atoms with E-state index in [0.717, 1.165) is 5.75 Å². The lowest BCUT2D eigenvalue weighted by atomic mass is 10.00. The number of hydrogen-bond acceptors (Lipinski definition) is 3. The Morgan fingerprint density at radius 1 is 1.38 bits per heavy atom. The number of carbonyl (C=O) groups excluding carboxylic acids is 2. The number of nitrogens with zero attached hydrogens (tertiary/aromatic N) is 1. The van der Waals surface area contributed by atoms with Crippen LogP contribution in [0.5, 0.6) is 5.75 Å². The molecule has 0 aliphatic carbocycles. The van der Waals surface area contributed by atoms with Crippen LogP contribution in [-0.2, 0) is 4.79 Å². The van der Waals surface area contributed by atoms with E-state index in [-0.39, 0.29) is 17.9 Å². The highest BCUT2D eigenvalue weighted by Gasteiger charge is 2.35. The van der Waals surface area contributed by atoms with Gasteiger partial charge in [-0.25, -0.2) is 4.79 Å². The standard InChI is InChI=1S/C15H21N3O3/c1-10(2)13-14(19)16-8-9-18(13)15(20)17-11-4-6-12(21-3)7-5-11/h4-7,10,13H,8-9H2,1-3H3,(H,16,19)(H,17,20)/t13-/m0/s1. The summed E-state index contributed by atoms with van der Waals surface area (Å²) < 4.78 is 5.08. The summed E-state index contributed by atoms with van der Waals surface area (Å²) in [5.74, 6) is 0.693. The van der Waals surface area contributed by atoms with Gasteiger partial charge in [-0.15, -0.1) is 0 Å². The molecule has 1 heterocycles. The van der Waals surface area contributed by atoms with Gasteiger partial charge in [-0.3, -0.25) is 4.79 Å². The van der Waals surface area contributed by atoms with Crippen LogP contribution in [0.15, 0.2) is 24.3 Å². The van der Waals surface area contributed by atoms with Crippen molar-refractivity contribution in [1.29, 1.82) is 0 Å². The smallest absolute Gasteiger partial charge is 0.322 e. The van der Waals surface area contributed by atoms with Crippen LogP contribution in [0, 0.1) is 5.92 Å². The van der Waals surface area contributed by atoms with Crippen LogP contribution < -0.4 is 15.4 Å². The van der Waals surface area contributed by atoms with E-state index in [1.54, 1.807) is 36.3 Å². The predicted molar refractivity (Wildman–Crippen MR) is 80.4 cm³/mol. The van der Waals surface area contributed by atoms with Gasteiger partial charge >= 0.3 is 6.03 Å². The molecule has 1 atom stereocenters. The Hall–Kier alpha value is -2.24. The zero-order chi connectivity index (χ0) is 15.4. The molecule has 0 aromatic heterocycles. The van der Waals surface area contributed by atoms with Crippen molar-refractivity contribution in [3.8, 4) is 5.75 Å². The SMILES string of the molecule is COc1ccc(NC(=O)N2CCNC(=O)[C@@H]2C(C)C)cc1. The summed E-state index contributed by atoms with van der Waals surface area (Å²) in [4.78, 5) is 25.9. The Kier molecular flexibility index (Phi) is 4.67. The van der Waals surface area contributed by atoms with E-state index in [1.165, 1.54) is 0 Å². The third kappa shape index (κ3) is 3.45. The minimum absolute atomic E-state index is 0.0620. The number of hydrogen-bond donors (Lipinski definition) is 2. The van der Waals surface area contributed by atoms with Crippen LogP contribution in [0.2, 0.25) is 0 Å². The van der Waals surface area contributed by atoms with Crippen molar-refractivity contribution in [2.75, 3.05) is 25.5 Å². The molecule has 3 amide bonds. The van der Waals surface area contributed by atoms with Crippen molar-refractivity contribution >= 4 is 17.6 Å². The Morgan fingerprint density at radius 3 is 2.62 bits per heavy atom. The molecule has 0 radical (unpaired) electrons. The number of nitrogens with one attached hydrogen (secondary N) is 2. The maximum absolute atomic E-state index is 12.4. The molecule has 6 nitrogen and oxygen atoms in total. The number of piperazine rings is 1. The first kappa shape index (κ1) is 15.2. The number of anilines is 1. The number of methoxy groups -OCH3 is 1. The second-order valence-electron chi connectivity index (χ2n) is 5.33. The molecule has 21 heavy (non-hydrogen) atoms. The first-order valence-electron chi connectivity index (χ1n) is 7.02. The zero-order valence-electron chi connectivity index (χ0n) is 12.6. The largest absolute Gasteiger partial charge is 0.497 e. The van der Waals surface area contributed by atoms with Crippen LogP contribution in [0.1, 0.15) is 13.8 Å². The van der Waals surface area contributed by atoms with Crippen LogP contribution in [0.4, 0.5) is 10.5 Å². The molecule has 6 heteroatoms. The quantitative estimate of drug-likeness (QED) is 0.890. The number of amides is 3. The molecule has 0 saturated carbocycles. The monoisotopic (exact) mass is 291 g/mol. The lowest BCUT2D eigenvalue weighted by molar-refractivity contribution is -0.129. The topological polar surface area (TPSA) is 70.7 Å². The van der Waals surface area contributed by atoms with E-state index in [9.17, 15) is 9.59 Å². The molecule has 1 aliphatic rings. The normalized spacial score (nSPS) is 18.4. The van der Waals surface area contributed by atoms with E-state index in [2.05, 4.69) is 10.6 Å². The molecule has 114 valence electrons. The third-order valence-electron chi connectivity index (χ3n) is 3.49. The van der Waals surface area contributed by atoms with Crippen molar-refractivity contribution in [2.24, 2.45) is 5.92 Å². The summed E-state index contributed by atoms with van der Waals surface area (Å²) in [6, 6.07) is 6.40. The average molecular weight is 291 g/mol. The molecule has 1 saturated heterocycles. The van der Waals surface area contributed by atoms with Crippen molar-refractivity contribution in [3.05, 3.63) is 24.3 Å². The first-order chi connectivity index (χ1) is 10.0. The van der Waals surface area contributed by atoms with Gasteiger partial charge in [-0.2, -0.15) is 0 Å². The number of ether oxygens (including phenoxy) is 1. The summed E-state index contributed by atoms with van der Waals surface area (Å²) in [7, 11) is 1.59. The average Bonchev–Trinajstić information content (AvgIpc) is 2.47. The van der Waals surface area contributed by atoms with Crippen molar-refractivity contribution in [3.63, 3.8) is 0 Å². The first-order valence-corrected chi connectivity index (χ1v) is 7.02. The van der Waals surface area contributed by atoms with Gasteiger partial charge in [0.2, 0.25) is 5.91 Å². The van der Waals surface area contributed by atoms with Gasteiger partial charge in [0.05, 0.1) is 7.11 Å². The van der Waals surface area contributed by atoms with E-state index in [0.29, 0.717) is 18.8 Å². The Bertz CT molecular complexity index is 513. The number of urea groups is 1. The molecule has 2 rings (SSSR count). The summed E-state index contributed by atoms with van der Waals surface area (Å²) in [6.07, 6.45) is 0. The van der Waals surface area contributed by atoms with Gasteiger partial charge in [0, 0.05) is 18.8 Å². The van der Waals surface area contributed by atoms with Gasteiger partial charge in [-0.05, 0) is 30.2 Å². The minimum Gasteiger partial charge on any atom is -0.497 e. The molecule has 1 aromatic carbocycles. The zero-order valence-corrected chi connectivity index (χ0v) is 12.6. The Labute approximate surface area is 124 Å². The van der Waals surface area contributed by atoms with Gasteiger partial charge in [0.25, 0.3) is 0 Å². The number of carbonyl (C=O) groups is 2. The summed E-state index contributed by atoms with van der Waals surface area (Å²) in [5, 5.41) is 5.62. The molecular weight excluding hydrogens is 270 g/mol. The van der Waals surface area contributed by atoms with Crippen LogP contribution in [0.3, 0.4) is 0 Å². The molecule has 1 fully saturated rings. The fourth-order valence-electron chi connectivity index (χ4n) is 2.44. The summed E-state index contributed by atoms with van der Waals surface area (Å²) >= 11 is 0. The van der Waals surface area contributed by atoms with E-state index in [4.69, 9.17) is 4.74 Å². The molecule has 0 spiro atoms.